The maximum absolute atomic E-state index is 5.56. The lowest BCUT2D eigenvalue weighted by atomic mass is 9.72. The molecule has 1 fully saturated rings. The van der Waals surface area contributed by atoms with Crippen molar-refractivity contribution in [3.63, 3.8) is 0 Å². The molecule has 1 nitrogen and oxygen atoms in total. The van der Waals surface area contributed by atoms with E-state index >= 15 is 0 Å². The molecule has 1 aliphatic rings. The summed E-state index contributed by atoms with van der Waals surface area (Å²) in [6, 6.07) is 0. The van der Waals surface area contributed by atoms with Gasteiger partial charge < -0.3 is 4.74 Å². The van der Waals surface area contributed by atoms with E-state index < -0.39 is 0 Å². The van der Waals surface area contributed by atoms with Gasteiger partial charge in [-0.2, -0.15) is 0 Å². The van der Waals surface area contributed by atoms with Crippen LogP contribution in [0.15, 0.2) is 0 Å². The quantitative estimate of drug-likeness (QED) is 0.640. The Hall–Kier alpha value is -0.0400. The molecule has 0 bridgehead atoms. The minimum absolute atomic E-state index is 0.544. The van der Waals surface area contributed by atoms with Gasteiger partial charge in [0, 0.05) is 7.11 Å². The van der Waals surface area contributed by atoms with Crippen LogP contribution in [0, 0.1) is 17.8 Å². The lowest BCUT2D eigenvalue weighted by Gasteiger charge is -2.37. The number of hydrogen-bond donors (Lipinski definition) is 0. The van der Waals surface area contributed by atoms with Gasteiger partial charge in [-0.1, -0.05) is 40.0 Å². The molecule has 0 radical (unpaired) electrons. The van der Waals surface area contributed by atoms with E-state index in [2.05, 4.69) is 20.8 Å². The van der Waals surface area contributed by atoms with Crippen molar-refractivity contribution in [3.8, 4) is 0 Å². The molecule has 0 heterocycles. The first-order valence-corrected chi connectivity index (χ1v) is 7.27. The minimum atomic E-state index is 0.544. The Labute approximate surface area is 102 Å². The third kappa shape index (κ3) is 3.76. The van der Waals surface area contributed by atoms with Crippen molar-refractivity contribution in [2.45, 2.75) is 71.8 Å². The van der Waals surface area contributed by atoms with E-state index in [-0.39, 0.29) is 0 Å². The molecule has 0 amide bonds. The van der Waals surface area contributed by atoms with Crippen molar-refractivity contribution in [3.05, 3.63) is 0 Å². The normalized spacial score (nSPS) is 30.9. The van der Waals surface area contributed by atoms with Crippen LogP contribution in [0.4, 0.5) is 0 Å². The van der Waals surface area contributed by atoms with E-state index in [1.807, 2.05) is 7.11 Å². The zero-order valence-corrected chi connectivity index (χ0v) is 11.7. The SMILES string of the molecule is CCC(CC)CC1CC(OC)CC[C@@H]1CC. The van der Waals surface area contributed by atoms with Crippen molar-refractivity contribution in [2.75, 3.05) is 7.11 Å². The number of hydrogen-bond acceptors (Lipinski definition) is 1. The van der Waals surface area contributed by atoms with Crippen LogP contribution in [-0.2, 0) is 4.74 Å². The highest BCUT2D eigenvalue weighted by Gasteiger charge is 2.30. The fourth-order valence-electron chi connectivity index (χ4n) is 3.37. The molecule has 0 saturated heterocycles. The highest BCUT2D eigenvalue weighted by molar-refractivity contribution is 4.81. The second kappa shape index (κ2) is 7.32. The van der Waals surface area contributed by atoms with Gasteiger partial charge in [-0.15, -0.1) is 0 Å². The standard InChI is InChI=1S/C15H30O/c1-5-12(6-2)10-14-11-15(16-4)9-8-13(14)7-3/h12-15H,5-11H2,1-4H3/t13-,14?,15?/m0/s1. The summed E-state index contributed by atoms with van der Waals surface area (Å²) in [5.74, 6) is 2.83. The van der Waals surface area contributed by atoms with Crippen molar-refractivity contribution in [2.24, 2.45) is 17.8 Å². The highest BCUT2D eigenvalue weighted by atomic mass is 16.5. The Morgan fingerprint density at radius 1 is 1.06 bits per heavy atom. The van der Waals surface area contributed by atoms with E-state index in [0.29, 0.717) is 6.10 Å². The zero-order chi connectivity index (χ0) is 12.0. The summed E-state index contributed by atoms with van der Waals surface area (Å²) in [6.07, 6.45) is 10.0. The molecule has 0 aromatic rings. The molecule has 1 heteroatoms. The van der Waals surface area contributed by atoms with Crippen LogP contribution in [0.1, 0.15) is 65.7 Å². The van der Waals surface area contributed by atoms with E-state index in [1.165, 1.54) is 44.9 Å². The molecule has 1 aliphatic carbocycles. The molecular formula is C15H30O. The third-order valence-electron chi connectivity index (χ3n) is 4.74. The van der Waals surface area contributed by atoms with Gasteiger partial charge in [-0.25, -0.2) is 0 Å². The molecule has 16 heavy (non-hydrogen) atoms. The summed E-state index contributed by atoms with van der Waals surface area (Å²) in [6.45, 7) is 7.04. The maximum atomic E-state index is 5.56. The van der Waals surface area contributed by atoms with Gasteiger partial charge >= 0.3 is 0 Å². The van der Waals surface area contributed by atoms with Gasteiger partial charge in [0.1, 0.15) is 0 Å². The molecule has 0 aromatic carbocycles. The summed E-state index contributed by atoms with van der Waals surface area (Å²) >= 11 is 0. The average Bonchev–Trinajstić information content (AvgIpc) is 2.35. The lowest BCUT2D eigenvalue weighted by molar-refractivity contribution is 0.0202. The number of methoxy groups -OCH3 is 1. The van der Waals surface area contributed by atoms with Crippen molar-refractivity contribution in [1.82, 2.24) is 0 Å². The van der Waals surface area contributed by atoms with Crippen LogP contribution < -0.4 is 0 Å². The van der Waals surface area contributed by atoms with E-state index in [4.69, 9.17) is 4.74 Å². The summed E-state index contributed by atoms with van der Waals surface area (Å²) in [5.41, 5.74) is 0. The molecule has 2 unspecified atom stereocenters. The molecule has 1 rings (SSSR count). The van der Waals surface area contributed by atoms with Gasteiger partial charge in [0.05, 0.1) is 6.10 Å². The first kappa shape index (κ1) is 14.0. The zero-order valence-electron chi connectivity index (χ0n) is 11.7. The average molecular weight is 226 g/mol. The van der Waals surface area contributed by atoms with Gasteiger partial charge in [0.25, 0.3) is 0 Å². The van der Waals surface area contributed by atoms with Crippen LogP contribution in [0.5, 0.6) is 0 Å². The molecule has 0 N–H and O–H groups in total. The predicted octanol–water partition coefficient (Wildman–Crippen LogP) is 4.65. The molecule has 0 aromatic heterocycles. The second-order valence-corrected chi connectivity index (χ2v) is 5.52. The lowest BCUT2D eigenvalue weighted by Crippen LogP contribution is -2.30. The monoisotopic (exact) mass is 226 g/mol. The fourth-order valence-corrected chi connectivity index (χ4v) is 3.37. The van der Waals surface area contributed by atoms with Crippen LogP contribution in [0.25, 0.3) is 0 Å². The summed E-state index contributed by atoms with van der Waals surface area (Å²) < 4.78 is 5.56. The molecule has 96 valence electrons. The minimum Gasteiger partial charge on any atom is -0.381 e. The Kier molecular flexibility index (Phi) is 6.41. The van der Waals surface area contributed by atoms with Gasteiger partial charge in [-0.3, -0.25) is 0 Å². The van der Waals surface area contributed by atoms with E-state index in [9.17, 15) is 0 Å². The van der Waals surface area contributed by atoms with Gasteiger partial charge in [-0.05, 0) is 43.4 Å². The number of rotatable bonds is 6. The van der Waals surface area contributed by atoms with Crippen LogP contribution >= 0.6 is 0 Å². The molecular weight excluding hydrogens is 196 g/mol. The molecule has 0 spiro atoms. The predicted molar refractivity (Wildman–Crippen MR) is 70.6 cm³/mol. The molecule has 1 saturated carbocycles. The largest absolute Gasteiger partial charge is 0.381 e. The summed E-state index contributed by atoms with van der Waals surface area (Å²) in [5, 5.41) is 0. The smallest absolute Gasteiger partial charge is 0.0574 e. The second-order valence-electron chi connectivity index (χ2n) is 5.52. The molecule has 3 atom stereocenters. The fraction of sp³-hybridized carbons (Fsp3) is 1.00. The summed E-state index contributed by atoms with van der Waals surface area (Å²) in [7, 11) is 1.88. The van der Waals surface area contributed by atoms with E-state index in [1.54, 1.807) is 0 Å². The summed E-state index contributed by atoms with van der Waals surface area (Å²) in [4.78, 5) is 0. The Bertz CT molecular complexity index is 174. The Balaban J connectivity index is 2.50. The third-order valence-corrected chi connectivity index (χ3v) is 4.74. The highest BCUT2D eigenvalue weighted by Crippen LogP contribution is 2.38. The van der Waals surface area contributed by atoms with Crippen LogP contribution in [-0.4, -0.2) is 13.2 Å². The van der Waals surface area contributed by atoms with Crippen molar-refractivity contribution >= 4 is 0 Å². The van der Waals surface area contributed by atoms with Crippen molar-refractivity contribution < 1.29 is 4.74 Å². The van der Waals surface area contributed by atoms with E-state index in [0.717, 1.165) is 17.8 Å². The number of ether oxygens (including phenoxy) is 1. The maximum Gasteiger partial charge on any atom is 0.0574 e. The van der Waals surface area contributed by atoms with Crippen molar-refractivity contribution in [1.29, 1.82) is 0 Å². The Morgan fingerprint density at radius 2 is 1.75 bits per heavy atom. The first-order valence-electron chi connectivity index (χ1n) is 7.27. The Morgan fingerprint density at radius 3 is 2.25 bits per heavy atom. The molecule has 0 aliphatic heterocycles. The van der Waals surface area contributed by atoms with Crippen LogP contribution in [0.3, 0.4) is 0 Å². The van der Waals surface area contributed by atoms with Gasteiger partial charge in [0.15, 0.2) is 0 Å². The van der Waals surface area contributed by atoms with Crippen LogP contribution in [0.2, 0.25) is 0 Å². The first-order chi connectivity index (χ1) is 7.74. The topological polar surface area (TPSA) is 9.23 Å². The van der Waals surface area contributed by atoms with Gasteiger partial charge in [0.2, 0.25) is 0 Å².